The van der Waals surface area contributed by atoms with E-state index in [0.29, 0.717) is 32.2 Å². The van der Waals surface area contributed by atoms with Crippen LogP contribution in [-0.2, 0) is 19.1 Å². The molecule has 1 aromatic heterocycles. The second-order valence-electron chi connectivity index (χ2n) is 8.60. The van der Waals surface area contributed by atoms with Crippen molar-refractivity contribution in [1.29, 1.82) is 0 Å². The summed E-state index contributed by atoms with van der Waals surface area (Å²) in [6.45, 7) is 2.49. The fraction of sp³-hybridized carbons (Fsp3) is 0.682. The molecule has 3 aliphatic rings. The van der Waals surface area contributed by atoms with E-state index in [1.165, 1.54) is 25.1 Å². The maximum Gasteiger partial charge on any atom is 0.490 e. The van der Waals surface area contributed by atoms with Gasteiger partial charge in [0.15, 0.2) is 5.82 Å². The van der Waals surface area contributed by atoms with Gasteiger partial charge in [-0.15, -0.1) is 0 Å². The molecule has 3 heterocycles. The van der Waals surface area contributed by atoms with Gasteiger partial charge in [0.05, 0.1) is 25.8 Å². The normalized spacial score (nSPS) is 21.6. The summed E-state index contributed by atoms with van der Waals surface area (Å²) in [7, 11) is 0. The van der Waals surface area contributed by atoms with Gasteiger partial charge in [-0.3, -0.25) is 4.79 Å². The Labute approximate surface area is 194 Å². The van der Waals surface area contributed by atoms with Crippen LogP contribution < -0.4 is 4.74 Å². The molecule has 2 aliphatic heterocycles. The lowest BCUT2D eigenvalue weighted by atomic mass is 9.79. The summed E-state index contributed by atoms with van der Waals surface area (Å²) in [4.78, 5) is 27.0. The summed E-state index contributed by atoms with van der Waals surface area (Å²) in [6, 6.07) is 2.88. The number of halogens is 4. The van der Waals surface area contributed by atoms with Crippen molar-refractivity contribution in [2.45, 2.75) is 56.4 Å². The number of rotatable bonds is 7. The zero-order valence-electron chi connectivity index (χ0n) is 18.6. The molecule has 1 spiro atoms. The number of pyridine rings is 1. The van der Waals surface area contributed by atoms with E-state index in [4.69, 9.17) is 24.1 Å². The zero-order chi connectivity index (χ0) is 24.8. The number of hydrogen-bond acceptors (Lipinski definition) is 6. The Kier molecular flexibility index (Phi) is 8.69. The minimum atomic E-state index is -5.08. The molecule has 1 amide bonds. The quantitative estimate of drug-likeness (QED) is 0.584. The van der Waals surface area contributed by atoms with Gasteiger partial charge in [0.25, 0.3) is 0 Å². The largest absolute Gasteiger partial charge is 0.490 e. The second kappa shape index (κ2) is 11.3. The van der Waals surface area contributed by atoms with Crippen LogP contribution in [0.4, 0.5) is 17.6 Å². The number of ether oxygens (including phenoxy) is 3. The first-order valence-electron chi connectivity index (χ1n) is 11.2. The van der Waals surface area contributed by atoms with Crippen molar-refractivity contribution in [1.82, 2.24) is 9.88 Å². The summed E-state index contributed by atoms with van der Waals surface area (Å²) >= 11 is 0. The second-order valence-corrected chi connectivity index (χ2v) is 8.60. The fourth-order valence-electron chi connectivity index (χ4n) is 4.43. The Morgan fingerprint density at radius 3 is 2.53 bits per heavy atom. The molecule has 34 heavy (non-hydrogen) atoms. The van der Waals surface area contributed by atoms with Crippen LogP contribution in [0, 0.1) is 11.7 Å². The molecule has 1 unspecified atom stereocenters. The van der Waals surface area contributed by atoms with Gasteiger partial charge in [0, 0.05) is 12.8 Å². The number of amides is 1. The molecule has 0 aromatic carbocycles. The third kappa shape index (κ3) is 6.78. The Morgan fingerprint density at radius 1 is 1.24 bits per heavy atom. The molecule has 4 rings (SSSR count). The van der Waals surface area contributed by atoms with Crippen LogP contribution in [0.5, 0.6) is 5.88 Å². The van der Waals surface area contributed by atoms with E-state index in [1.54, 1.807) is 6.07 Å². The molecule has 8 nitrogen and oxygen atoms in total. The number of aliphatic carboxylic acids is 1. The number of nitrogens with zero attached hydrogens (tertiary/aromatic N) is 2. The van der Waals surface area contributed by atoms with Crippen LogP contribution in [0.3, 0.4) is 0 Å². The van der Waals surface area contributed by atoms with E-state index < -0.39 is 18.0 Å². The first-order valence-corrected chi connectivity index (χ1v) is 11.2. The lowest BCUT2D eigenvalue weighted by Gasteiger charge is -2.50. The smallest absolute Gasteiger partial charge is 0.476 e. The first kappa shape index (κ1) is 26.1. The summed E-state index contributed by atoms with van der Waals surface area (Å²) in [5.74, 6) is -2.80. The molecule has 1 N–H and O–H groups in total. The monoisotopic (exact) mass is 492 g/mol. The Bertz CT molecular complexity index is 841. The van der Waals surface area contributed by atoms with Crippen LogP contribution >= 0.6 is 0 Å². The van der Waals surface area contributed by atoms with Crippen LogP contribution in [-0.4, -0.2) is 77.7 Å². The molecular formula is C22H28F4N2O6. The van der Waals surface area contributed by atoms with Crippen molar-refractivity contribution in [2.75, 3.05) is 32.9 Å². The number of aromatic nitrogens is 1. The maximum atomic E-state index is 13.6. The summed E-state index contributed by atoms with van der Waals surface area (Å²) in [6.07, 6.45) is 2.92. The molecule has 3 fully saturated rings. The fourth-order valence-corrected chi connectivity index (χ4v) is 4.43. The van der Waals surface area contributed by atoms with Crippen molar-refractivity contribution in [3.8, 4) is 5.88 Å². The molecule has 1 atom stereocenters. The highest BCUT2D eigenvalue weighted by molar-refractivity contribution is 5.78. The van der Waals surface area contributed by atoms with Crippen LogP contribution in [0.1, 0.15) is 38.5 Å². The molecule has 0 radical (unpaired) electrons. The van der Waals surface area contributed by atoms with Gasteiger partial charge in [-0.05, 0) is 43.7 Å². The predicted octanol–water partition coefficient (Wildman–Crippen LogP) is 3.20. The number of carbonyl (C=O) groups excluding carboxylic acids is 1. The molecule has 0 bridgehead atoms. The predicted molar refractivity (Wildman–Crippen MR) is 110 cm³/mol. The first-order chi connectivity index (χ1) is 16.1. The number of carbonyl (C=O) groups is 2. The molecular weight excluding hydrogens is 464 g/mol. The molecule has 1 aromatic rings. The van der Waals surface area contributed by atoms with Gasteiger partial charge in [0.1, 0.15) is 12.2 Å². The number of carboxylic acids is 1. The Hall–Kier alpha value is -2.47. The lowest BCUT2D eigenvalue weighted by molar-refractivity contribution is -0.192. The minimum Gasteiger partial charge on any atom is -0.476 e. The third-order valence-electron chi connectivity index (χ3n) is 6.29. The van der Waals surface area contributed by atoms with E-state index in [2.05, 4.69) is 4.98 Å². The SMILES string of the molecule is O=C(COC1CCCC1)N1CC2(C1)OCCC2CCOc1ncccc1F.O=C(O)C(F)(F)F. The van der Waals surface area contributed by atoms with Gasteiger partial charge in [-0.25, -0.2) is 14.2 Å². The highest BCUT2D eigenvalue weighted by Gasteiger charge is 2.54. The van der Waals surface area contributed by atoms with Crippen molar-refractivity contribution in [3.63, 3.8) is 0 Å². The summed E-state index contributed by atoms with van der Waals surface area (Å²) in [5, 5.41) is 7.12. The number of alkyl halides is 3. The van der Waals surface area contributed by atoms with E-state index in [1.807, 2.05) is 4.90 Å². The molecule has 190 valence electrons. The standard InChI is InChI=1S/C20H27FN2O4.C2HF3O2/c21-17-6-3-9-22-19(17)25-10-7-15-8-11-27-20(15)13-23(14-20)18(24)12-26-16-4-1-2-5-16;3-2(4,5)1(6)7/h3,6,9,15-16H,1-2,4-5,7-8,10-14H2;(H,6,7). The van der Waals surface area contributed by atoms with Gasteiger partial charge < -0.3 is 24.2 Å². The molecule has 2 saturated heterocycles. The Morgan fingerprint density at radius 2 is 1.91 bits per heavy atom. The van der Waals surface area contributed by atoms with Gasteiger partial charge >= 0.3 is 12.1 Å². The van der Waals surface area contributed by atoms with Gasteiger partial charge in [-0.2, -0.15) is 13.2 Å². The molecule has 12 heteroatoms. The van der Waals surface area contributed by atoms with E-state index in [9.17, 15) is 22.4 Å². The van der Waals surface area contributed by atoms with Crippen molar-refractivity contribution >= 4 is 11.9 Å². The van der Waals surface area contributed by atoms with E-state index >= 15 is 0 Å². The van der Waals surface area contributed by atoms with E-state index in [-0.39, 0.29) is 30.1 Å². The van der Waals surface area contributed by atoms with Crippen molar-refractivity contribution in [2.24, 2.45) is 5.92 Å². The highest BCUT2D eigenvalue weighted by Crippen LogP contribution is 2.41. The van der Waals surface area contributed by atoms with Crippen LogP contribution in [0.25, 0.3) is 0 Å². The number of carboxylic acid groups (broad SMARTS) is 1. The number of hydrogen-bond donors (Lipinski definition) is 1. The maximum absolute atomic E-state index is 13.6. The average Bonchev–Trinajstić information content (AvgIpc) is 3.42. The van der Waals surface area contributed by atoms with Gasteiger partial charge in [-0.1, -0.05) is 12.8 Å². The van der Waals surface area contributed by atoms with Crippen molar-refractivity contribution in [3.05, 3.63) is 24.1 Å². The average molecular weight is 492 g/mol. The molecule has 1 saturated carbocycles. The third-order valence-corrected chi connectivity index (χ3v) is 6.29. The van der Waals surface area contributed by atoms with Gasteiger partial charge in [0.2, 0.25) is 11.8 Å². The summed E-state index contributed by atoms with van der Waals surface area (Å²) in [5.41, 5.74) is -0.269. The van der Waals surface area contributed by atoms with Crippen LogP contribution in [0.15, 0.2) is 18.3 Å². The summed E-state index contributed by atoms with van der Waals surface area (Å²) < 4.78 is 62.5. The minimum absolute atomic E-state index is 0.0416. The zero-order valence-corrected chi connectivity index (χ0v) is 18.6. The van der Waals surface area contributed by atoms with Crippen LogP contribution in [0.2, 0.25) is 0 Å². The highest BCUT2D eigenvalue weighted by atomic mass is 19.4. The molecule has 1 aliphatic carbocycles. The lowest BCUT2D eigenvalue weighted by Crippen LogP contribution is -2.66. The van der Waals surface area contributed by atoms with E-state index in [0.717, 1.165) is 25.7 Å². The topological polar surface area (TPSA) is 98.2 Å². The van der Waals surface area contributed by atoms with Crippen molar-refractivity contribution < 1.29 is 46.5 Å². The Balaban J connectivity index is 0.000000406. The number of likely N-dealkylation sites (tertiary alicyclic amines) is 1.